The van der Waals surface area contributed by atoms with E-state index in [-0.39, 0.29) is 6.03 Å². The Labute approximate surface area is 147 Å². The molecule has 23 heavy (non-hydrogen) atoms. The Morgan fingerprint density at radius 3 is 2.48 bits per heavy atom. The zero-order chi connectivity index (χ0) is 16.5. The summed E-state index contributed by atoms with van der Waals surface area (Å²) in [6.45, 7) is 1.04. The van der Waals surface area contributed by atoms with Crippen molar-refractivity contribution < 1.29 is 4.79 Å². The molecule has 0 fully saturated rings. The fraction of sp³-hybridized carbons (Fsp3) is 0.278. The molecule has 2 N–H and O–H groups in total. The lowest BCUT2D eigenvalue weighted by atomic mass is 10.1. The number of halogens is 2. The fourth-order valence-corrected chi connectivity index (χ4v) is 2.68. The lowest BCUT2D eigenvalue weighted by Crippen LogP contribution is -2.35. The first-order valence-corrected chi connectivity index (χ1v) is 8.40. The van der Waals surface area contributed by atoms with E-state index in [9.17, 15) is 4.79 Å². The van der Waals surface area contributed by atoms with Crippen LogP contribution in [0.2, 0.25) is 10.0 Å². The lowest BCUT2D eigenvalue weighted by Gasteiger charge is -2.09. The summed E-state index contributed by atoms with van der Waals surface area (Å²) in [6.07, 6.45) is 3.03. The highest BCUT2D eigenvalue weighted by Gasteiger charge is 2.04. The third-order valence-corrected chi connectivity index (χ3v) is 4.06. The number of amides is 2. The zero-order valence-corrected chi connectivity index (χ0v) is 14.3. The molecule has 0 saturated carbocycles. The highest BCUT2D eigenvalue weighted by molar-refractivity contribution is 6.35. The molecule has 0 aliphatic carbocycles. The van der Waals surface area contributed by atoms with Crippen molar-refractivity contribution in [3.05, 3.63) is 69.7 Å². The molecule has 2 aromatic carbocycles. The first-order valence-electron chi connectivity index (χ1n) is 7.65. The van der Waals surface area contributed by atoms with Gasteiger partial charge in [-0.15, -0.1) is 0 Å². The minimum absolute atomic E-state index is 0.185. The molecule has 122 valence electrons. The van der Waals surface area contributed by atoms with Gasteiger partial charge < -0.3 is 10.6 Å². The summed E-state index contributed by atoms with van der Waals surface area (Å²) in [5.41, 5.74) is 2.17. The van der Waals surface area contributed by atoms with Crippen molar-refractivity contribution >= 4 is 29.2 Å². The van der Waals surface area contributed by atoms with Crippen LogP contribution < -0.4 is 10.6 Å². The normalized spacial score (nSPS) is 10.3. The molecule has 5 heteroatoms. The zero-order valence-electron chi connectivity index (χ0n) is 12.8. The standard InChI is InChI=1S/C18H20Cl2N2O/c19-16-10-9-15(17(20)12-16)13-22-18(23)21-11-5-4-8-14-6-2-1-3-7-14/h1-3,6-7,9-10,12H,4-5,8,11,13H2,(H2,21,22,23). The summed E-state index contributed by atoms with van der Waals surface area (Å²) in [5, 5.41) is 6.78. The number of carbonyl (C=O) groups is 1. The van der Waals surface area contributed by atoms with Crippen LogP contribution in [-0.4, -0.2) is 12.6 Å². The Hall–Kier alpha value is -1.71. The average Bonchev–Trinajstić information content (AvgIpc) is 2.54. The van der Waals surface area contributed by atoms with Crippen molar-refractivity contribution in [2.75, 3.05) is 6.54 Å². The van der Waals surface area contributed by atoms with Crippen molar-refractivity contribution in [1.29, 1.82) is 0 Å². The van der Waals surface area contributed by atoms with E-state index in [0.717, 1.165) is 24.8 Å². The van der Waals surface area contributed by atoms with Crippen molar-refractivity contribution in [2.45, 2.75) is 25.8 Å². The third kappa shape index (κ3) is 6.51. The Morgan fingerprint density at radius 1 is 0.957 bits per heavy atom. The maximum atomic E-state index is 11.7. The van der Waals surface area contributed by atoms with Crippen LogP contribution in [0.4, 0.5) is 4.79 Å². The molecule has 2 amide bonds. The van der Waals surface area contributed by atoms with Gasteiger partial charge in [0.2, 0.25) is 0 Å². The lowest BCUT2D eigenvalue weighted by molar-refractivity contribution is 0.240. The van der Waals surface area contributed by atoms with Crippen LogP contribution in [0.3, 0.4) is 0 Å². The van der Waals surface area contributed by atoms with Crippen molar-refractivity contribution in [3.8, 4) is 0 Å². The maximum Gasteiger partial charge on any atom is 0.315 e. The number of benzene rings is 2. The molecule has 0 radical (unpaired) electrons. The highest BCUT2D eigenvalue weighted by atomic mass is 35.5. The van der Waals surface area contributed by atoms with Crippen molar-refractivity contribution in [2.24, 2.45) is 0 Å². The SMILES string of the molecule is O=C(NCCCCc1ccccc1)NCc1ccc(Cl)cc1Cl. The quantitative estimate of drug-likeness (QED) is 0.690. The van der Waals surface area contributed by atoms with Gasteiger partial charge in [0.25, 0.3) is 0 Å². The van der Waals surface area contributed by atoms with Gasteiger partial charge in [-0.2, -0.15) is 0 Å². The van der Waals surface area contributed by atoms with Crippen LogP contribution >= 0.6 is 23.2 Å². The second-order valence-corrected chi connectivity index (χ2v) is 6.13. The molecule has 0 aliphatic heterocycles. The number of carbonyl (C=O) groups excluding carboxylic acids is 1. The number of nitrogens with one attached hydrogen (secondary N) is 2. The Kier molecular flexibility index (Phi) is 7.24. The second-order valence-electron chi connectivity index (χ2n) is 5.29. The van der Waals surface area contributed by atoms with Gasteiger partial charge in [-0.25, -0.2) is 4.79 Å². The minimum atomic E-state index is -0.185. The van der Waals surface area contributed by atoms with Crippen LogP contribution in [0.5, 0.6) is 0 Å². The summed E-state index contributed by atoms with van der Waals surface area (Å²) < 4.78 is 0. The molecule has 2 rings (SSSR count). The van der Waals surface area contributed by atoms with Gasteiger partial charge in [-0.05, 0) is 42.5 Å². The fourth-order valence-electron chi connectivity index (χ4n) is 2.20. The number of urea groups is 1. The van der Waals surface area contributed by atoms with Crippen molar-refractivity contribution in [1.82, 2.24) is 10.6 Å². The molecule has 0 atom stereocenters. The first kappa shape index (κ1) is 17.6. The van der Waals surface area contributed by atoms with Crippen LogP contribution in [0.15, 0.2) is 48.5 Å². The number of hydrogen-bond acceptors (Lipinski definition) is 1. The van der Waals surface area contributed by atoms with Gasteiger partial charge in [0, 0.05) is 23.1 Å². The predicted molar refractivity (Wildman–Crippen MR) is 96.1 cm³/mol. The largest absolute Gasteiger partial charge is 0.338 e. The number of aryl methyl sites for hydroxylation is 1. The minimum Gasteiger partial charge on any atom is -0.338 e. The molecule has 2 aromatic rings. The van der Waals surface area contributed by atoms with Gasteiger partial charge in [0.15, 0.2) is 0 Å². The van der Waals surface area contributed by atoms with E-state index in [0.29, 0.717) is 23.1 Å². The van der Waals surface area contributed by atoms with E-state index in [1.165, 1.54) is 5.56 Å². The van der Waals surface area contributed by atoms with Crippen LogP contribution in [0.1, 0.15) is 24.0 Å². The van der Waals surface area contributed by atoms with E-state index < -0.39 is 0 Å². The van der Waals surface area contributed by atoms with Crippen LogP contribution in [0, 0.1) is 0 Å². The Balaban J connectivity index is 1.60. The second kappa shape index (κ2) is 9.43. The van der Waals surface area contributed by atoms with Crippen LogP contribution in [0.25, 0.3) is 0 Å². The Bertz CT molecular complexity index is 632. The molecule has 0 saturated heterocycles. The Morgan fingerprint density at radius 2 is 1.74 bits per heavy atom. The van der Waals surface area contributed by atoms with Gasteiger partial charge in [0.05, 0.1) is 0 Å². The molecule has 0 bridgehead atoms. The summed E-state index contributed by atoms with van der Waals surface area (Å²) >= 11 is 11.9. The van der Waals surface area contributed by atoms with Gasteiger partial charge >= 0.3 is 6.03 Å². The average molecular weight is 351 g/mol. The molecular weight excluding hydrogens is 331 g/mol. The summed E-state index contributed by atoms with van der Waals surface area (Å²) in [6, 6.07) is 15.4. The molecule has 0 spiro atoms. The van der Waals surface area contributed by atoms with E-state index >= 15 is 0 Å². The monoisotopic (exact) mass is 350 g/mol. The maximum absolute atomic E-state index is 11.7. The van der Waals surface area contributed by atoms with Crippen LogP contribution in [-0.2, 0) is 13.0 Å². The summed E-state index contributed by atoms with van der Waals surface area (Å²) in [4.78, 5) is 11.7. The van der Waals surface area contributed by atoms with E-state index in [2.05, 4.69) is 22.8 Å². The molecule has 0 unspecified atom stereocenters. The van der Waals surface area contributed by atoms with E-state index in [4.69, 9.17) is 23.2 Å². The van der Waals surface area contributed by atoms with Crippen molar-refractivity contribution in [3.63, 3.8) is 0 Å². The smallest absolute Gasteiger partial charge is 0.315 e. The van der Waals surface area contributed by atoms with Gasteiger partial charge in [-0.1, -0.05) is 59.6 Å². The number of hydrogen-bond donors (Lipinski definition) is 2. The topological polar surface area (TPSA) is 41.1 Å². The molecule has 0 heterocycles. The van der Waals surface area contributed by atoms with E-state index in [1.807, 2.05) is 24.3 Å². The third-order valence-electron chi connectivity index (χ3n) is 3.48. The summed E-state index contributed by atoms with van der Waals surface area (Å²) in [7, 11) is 0. The molecule has 0 aliphatic rings. The first-order chi connectivity index (χ1) is 11.1. The van der Waals surface area contributed by atoms with E-state index in [1.54, 1.807) is 12.1 Å². The number of unbranched alkanes of at least 4 members (excludes halogenated alkanes) is 1. The highest BCUT2D eigenvalue weighted by Crippen LogP contribution is 2.20. The number of rotatable bonds is 7. The molecule has 0 aromatic heterocycles. The molecular formula is C18H20Cl2N2O. The molecule has 3 nitrogen and oxygen atoms in total. The summed E-state index contributed by atoms with van der Waals surface area (Å²) in [5.74, 6) is 0. The predicted octanol–water partition coefficient (Wildman–Crippen LogP) is 4.82. The van der Waals surface area contributed by atoms with Gasteiger partial charge in [0.1, 0.15) is 0 Å². The van der Waals surface area contributed by atoms with Gasteiger partial charge in [-0.3, -0.25) is 0 Å².